The fourth-order valence-corrected chi connectivity index (χ4v) is 4.33. The number of ether oxygens (including phenoxy) is 1. The molecular weight excluding hydrogens is 384 g/mol. The molecule has 150 valence electrons. The zero-order valence-corrected chi connectivity index (χ0v) is 17.6. The van der Waals surface area contributed by atoms with Gasteiger partial charge in [0.1, 0.15) is 5.75 Å². The molecule has 0 fully saturated rings. The van der Waals surface area contributed by atoms with Crippen molar-refractivity contribution >= 4 is 23.4 Å². The molecule has 0 saturated carbocycles. The van der Waals surface area contributed by atoms with Crippen LogP contribution < -0.4 is 10.1 Å². The van der Waals surface area contributed by atoms with Crippen LogP contribution in [0.25, 0.3) is 11.4 Å². The summed E-state index contributed by atoms with van der Waals surface area (Å²) in [6, 6.07) is 13.9. The molecule has 0 spiro atoms. The summed E-state index contributed by atoms with van der Waals surface area (Å²) in [4.78, 5) is 12.7. The van der Waals surface area contributed by atoms with E-state index in [-0.39, 0.29) is 11.2 Å². The van der Waals surface area contributed by atoms with E-state index in [9.17, 15) is 4.79 Å². The van der Waals surface area contributed by atoms with Crippen LogP contribution in [-0.4, -0.2) is 33.0 Å². The van der Waals surface area contributed by atoms with Gasteiger partial charge in [-0.25, -0.2) is 0 Å². The fraction of sp³-hybridized carbons (Fsp3) is 0.318. The van der Waals surface area contributed by atoms with Crippen LogP contribution >= 0.6 is 11.8 Å². The number of nitrogens with zero attached hydrogens (tertiary/aromatic N) is 3. The average Bonchev–Trinajstić information content (AvgIpc) is 3.34. The van der Waals surface area contributed by atoms with Gasteiger partial charge in [-0.2, -0.15) is 0 Å². The highest BCUT2D eigenvalue weighted by Gasteiger charge is 2.20. The molecule has 7 heteroatoms. The highest BCUT2D eigenvalue weighted by atomic mass is 32.2. The SMILES string of the molecule is COc1ccc(-c2nnc(S[C@H](C)C(=O)Nc3ccc4c(c3)CCC4)n2C)cc1. The van der Waals surface area contributed by atoms with Gasteiger partial charge in [-0.1, -0.05) is 17.8 Å². The zero-order chi connectivity index (χ0) is 20.4. The number of nitrogens with one attached hydrogen (secondary N) is 1. The first-order chi connectivity index (χ1) is 14.0. The molecule has 0 aliphatic heterocycles. The van der Waals surface area contributed by atoms with Crippen molar-refractivity contribution in [1.82, 2.24) is 14.8 Å². The number of anilines is 1. The Balaban J connectivity index is 1.43. The molecular formula is C22H24N4O2S. The van der Waals surface area contributed by atoms with E-state index in [0.29, 0.717) is 5.16 Å². The van der Waals surface area contributed by atoms with Crippen LogP contribution in [0, 0.1) is 0 Å². The predicted octanol–water partition coefficient (Wildman–Crippen LogP) is 4.10. The van der Waals surface area contributed by atoms with E-state index < -0.39 is 0 Å². The minimum Gasteiger partial charge on any atom is -0.497 e. The van der Waals surface area contributed by atoms with Crippen molar-refractivity contribution < 1.29 is 9.53 Å². The maximum atomic E-state index is 12.7. The topological polar surface area (TPSA) is 69.0 Å². The summed E-state index contributed by atoms with van der Waals surface area (Å²) in [5, 5.41) is 12.0. The number of carbonyl (C=O) groups is 1. The summed E-state index contributed by atoms with van der Waals surface area (Å²) in [5.41, 5.74) is 4.55. The largest absolute Gasteiger partial charge is 0.497 e. The summed E-state index contributed by atoms with van der Waals surface area (Å²) >= 11 is 1.40. The summed E-state index contributed by atoms with van der Waals surface area (Å²) in [7, 11) is 3.55. The molecule has 1 aromatic heterocycles. The molecule has 1 heterocycles. The number of hydrogen-bond donors (Lipinski definition) is 1. The lowest BCUT2D eigenvalue weighted by Gasteiger charge is -2.12. The van der Waals surface area contributed by atoms with Gasteiger partial charge in [0.25, 0.3) is 0 Å². The molecule has 1 aliphatic carbocycles. The third-order valence-corrected chi connectivity index (χ3v) is 6.33. The van der Waals surface area contributed by atoms with Crippen molar-refractivity contribution in [3.8, 4) is 17.1 Å². The molecule has 4 rings (SSSR count). The van der Waals surface area contributed by atoms with Crippen LogP contribution in [0.3, 0.4) is 0 Å². The molecule has 0 bridgehead atoms. The molecule has 0 radical (unpaired) electrons. The maximum absolute atomic E-state index is 12.7. The number of benzene rings is 2. The van der Waals surface area contributed by atoms with Crippen LogP contribution in [0.2, 0.25) is 0 Å². The molecule has 0 saturated heterocycles. The van der Waals surface area contributed by atoms with E-state index in [1.165, 1.54) is 29.3 Å². The molecule has 1 N–H and O–H groups in total. The second-order valence-electron chi connectivity index (χ2n) is 7.18. The highest BCUT2D eigenvalue weighted by molar-refractivity contribution is 8.00. The second kappa shape index (κ2) is 8.29. The van der Waals surface area contributed by atoms with E-state index in [4.69, 9.17) is 4.74 Å². The molecule has 3 aromatic rings. The predicted molar refractivity (Wildman–Crippen MR) is 115 cm³/mol. The van der Waals surface area contributed by atoms with E-state index in [1.807, 2.05) is 48.9 Å². The molecule has 2 aromatic carbocycles. The number of rotatable bonds is 6. The summed E-state index contributed by atoms with van der Waals surface area (Å²) in [6.45, 7) is 1.88. The number of carbonyl (C=O) groups excluding carboxylic acids is 1. The molecule has 0 unspecified atom stereocenters. The third kappa shape index (κ3) is 4.15. The Morgan fingerprint density at radius 1 is 1.14 bits per heavy atom. The van der Waals surface area contributed by atoms with E-state index >= 15 is 0 Å². The summed E-state index contributed by atoms with van der Waals surface area (Å²) in [6.07, 6.45) is 3.43. The van der Waals surface area contributed by atoms with Gasteiger partial charge >= 0.3 is 0 Å². The lowest BCUT2D eigenvalue weighted by molar-refractivity contribution is -0.115. The van der Waals surface area contributed by atoms with Crippen LogP contribution in [-0.2, 0) is 24.7 Å². The molecule has 6 nitrogen and oxygen atoms in total. The van der Waals surface area contributed by atoms with Crippen molar-refractivity contribution in [3.05, 3.63) is 53.6 Å². The van der Waals surface area contributed by atoms with Crippen molar-refractivity contribution in [2.75, 3.05) is 12.4 Å². The normalized spacial score (nSPS) is 13.8. The lowest BCUT2D eigenvalue weighted by Crippen LogP contribution is -2.23. The molecule has 29 heavy (non-hydrogen) atoms. The van der Waals surface area contributed by atoms with Gasteiger partial charge in [0.2, 0.25) is 5.91 Å². The quantitative estimate of drug-likeness (QED) is 0.622. The Hall–Kier alpha value is -2.80. The van der Waals surface area contributed by atoms with Crippen molar-refractivity contribution in [1.29, 1.82) is 0 Å². The Kier molecular flexibility index (Phi) is 5.58. The molecule has 1 aliphatic rings. The van der Waals surface area contributed by atoms with Crippen molar-refractivity contribution in [2.24, 2.45) is 7.05 Å². The highest BCUT2D eigenvalue weighted by Crippen LogP contribution is 2.28. The van der Waals surface area contributed by atoms with Gasteiger partial charge in [0.15, 0.2) is 11.0 Å². The van der Waals surface area contributed by atoms with Crippen molar-refractivity contribution in [2.45, 2.75) is 36.6 Å². The maximum Gasteiger partial charge on any atom is 0.237 e. The van der Waals surface area contributed by atoms with Gasteiger partial charge < -0.3 is 14.6 Å². The van der Waals surface area contributed by atoms with Gasteiger partial charge in [0.05, 0.1) is 12.4 Å². The first-order valence-corrected chi connectivity index (χ1v) is 10.6. The van der Waals surface area contributed by atoms with E-state index in [1.54, 1.807) is 7.11 Å². The number of thioether (sulfide) groups is 1. The lowest BCUT2D eigenvalue weighted by atomic mass is 10.1. The number of methoxy groups -OCH3 is 1. The minimum atomic E-state index is -0.296. The number of hydrogen-bond acceptors (Lipinski definition) is 5. The van der Waals surface area contributed by atoms with Gasteiger partial charge in [-0.05, 0) is 73.7 Å². The van der Waals surface area contributed by atoms with Crippen LogP contribution in [0.5, 0.6) is 5.75 Å². The summed E-state index contributed by atoms with van der Waals surface area (Å²) < 4.78 is 7.11. The Morgan fingerprint density at radius 3 is 2.66 bits per heavy atom. The van der Waals surface area contributed by atoms with Gasteiger partial charge in [-0.3, -0.25) is 4.79 Å². The van der Waals surface area contributed by atoms with Crippen LogP contribution in [0.4, 0.5) is 5.69 Å². The molecule has 1 amide bonds. The second-order valence-corrected chi connectivity index (χ2v) is 8.49. The molecule has 1 atom stereocenters. The number of aromatic nitrogens is 3. The number of aryl methyl sites for hydroxylation is 2. The monoisotopic (exact) mass is 408 g/mol. The van der Waals surface area contributed by atoms with E-state index in [2.05, 4.69) is 27.6 Å². The minimum absolute atomic E-state index is 0.0399. The van der Waals surface area contributed by atoms with Crippen LogP contribution in [0.1, 0.15) is 24.5 Å². The van der Waals surface area contributed by atoms with Gasteiger partial charge in [0, 0.05) is 18.3 Å². The van der Waals surface area contributed by atoms with Gasteiger partial charge in [-0.15, -0.1) is 10.2 Å². The third-order valence-electron chi connectivity index (χ3n) is 5.20. The van der Waals surface area contributed by atoms with Crippen molar-refractivity contribution in [3.63, 3.8) is 0 Å². The van der Waals surface area contributed by atoms with E-state index in [0.717, 1.165) is 35.7 Å². The first-order valence-electron chi connectivity index (χ1n) is 9.68. The summed E-state index contributed by atoms with van der Waals surface area (Å²) in [5.74, 6) is 1.51. The fourth-order valence-electron chi connectivity index (χ4n) is 3.51. The smallest absolute Gasteiger partial charge is 0.237 e. The van der Waals surface area contributed by atoms with Crippen LogP contribution in [0.15, 0.2) is 47.6 Å². The zero-order valence-electron chi connectivity index (χ0n) is 16.8. The first kappa shape index (κ1) is 19.5. The Morgan fingerprint density at radius 2 is 1.90 bits per heavy atom. The number of fused-ring (bicyclic) bond motifs is 1. The standard InChI is InChI=1S/C22H24N4O2S/c1-14(21(27)23-18-10-7-15-5-4-6-17(15)13-18)29-22-25-24-20(26(22)2)16-8-11-19(28-3)12-9-16/h7-14H,4-6H2,1-3H3,(H,23,27)/t14-/m1/s1. The Labute approximate surface area is 174 Å². The Bertz CT molecular complexity index is 1030. The average molecular weight is 409 g/mol. The number of amides is 1.